The first-order valence-electron chi connectivity index (χ1n) is 5.42. The molecule has 0 fully saturated rings. The van der Waals surface area contributed by atoms with Crippen LogP contribution in [0.1, 0.15) is 31.2 Å². The molecule has 3 N–H and O–H groups in total. The van der Waals surface area contributed by atoms with Gasteiger partial charge in [-0.05, 0) is 30.4 Å². The second-order valence-electron chi connectivity index (χ2n) is 3.87. The number of halogens is 2. The summed E-state index contributed by atoms with van der Waals surface area (Å²) in [5, 5.41) is 9.44. The number of benzene rings is 1. The Morgan fingerprint density at radius 1 is 1.38 bits per heavy atom. The zero-order chi connectivity index (χ0) is 12.1. The summed E-state index contributed by atoms with van der Waals surface area (Å²) < 4.78 is 26.5. The van der Waals surface area contributed by atoms with E-state index in [0.717, 1.165) is 6.07 Å². The first-order valence-corrected chi connectivity index (χ1v) is 5.42. The fourth-order valence-corrected chi connectivity index (χ4v) is 1.77. The van der Waals surface area contributed by atoms with Gasteiger partial charge in [0.05, 0.1) is 6.10 Å². The van der Waals surface area contributed by atoms with Gasteiger partial charge in [-0.15, -0.1) is 0 Å². The van der Waals surface area contributed by atoms with Gasteiger partial charge in [0.25, 0.3) is 0 Å². The first kappa shape index (κ1) is 13.1. The van der Waals surface area contributed by atoms with Crippen molar-refractivity contribution in [1.29, 1.82) is 0 Å². The van der Waals surface area contributed by atoms with Crippen LogP contribution in [-0.4, -0.2) is 17.8 Å². The van der Waals surface area contributed by atoms with Gasteiger partial charge in [-0.1, -0.05) is 19.1 Å². The molecule has 16 heavy (non-hydrogen) atoms. The van der Waals surface area contributed by atoms with Gasteiger partial charge in [-0.2, -0.15) is 0 Å². The third-order valence-corrected chi connectivity index (χ3v) is 2.74. The van der Waals surface area contributed by atoms with Crippen molar-refractivity contribution in [3.63, 3.8) is 0 Å². The molecule has 0 aromatic heterocycles. The molecule has 0 saturated carbocycles. The first-order chi connectivity index (χ1) is 7.60. The third-order valence-electron chi connectivity index (χ3n) is 2.74. The van der Waals surface area contributed by atoms with Gasteiger partial charge < -0.3 is 10.8 Å². The molecular formula is C12H17F2NO. The van der Waals surface area contributed by atoms with Crippen LogP contribution in [0.15, 0.2) is 18.2 Å². The summed E-state index contributed by atoms with van der Waals surface area (Å²) in [5.74, 6) is -1.87. The number of aliphatic hydroxyl groups excluding tert-OH is 1. The van der Waals surface area contributed by atoms with Crippen LogP contribution in [0.5, 0.6) is 0 Å². The Kier molecular flexibility index (Phi) is 4.83. The monoisotopic (exact) mass is 229 g/mol. The fraction of sp³-hybridized carbons (Fsp3) is 0.500. The number of rotatable bonds is 5. The van der Waals surface area contributed by atoms with E-state index < -0.39 is 17.7 Å². The summed E-state index contributed by atoms with van der Waals surface area (Å²) in [6, 6.07) is 4.12. The van der Waals surface area contributed by atoms with Crippen molar-refractivity contribution in [3.05, 3.63) is 35.4 Å². The molecule has 1 rings (SSSR count). The quantitative estimate of drug-likeness (QED) is 0.812. The summed E-state index contributed by atoms with van der Waals surface area (Å²) in [4.78, 5) is 0. The van der Waals surface area contributed by atoms with Gasteiger partial charge in [0.2, 0.25) is 0 Å². The molecule has 0 spiro atoms. The average molecular weight is 229 g/mol. The molecule has 1 aromatic carbocycles. The SMILES string of the molecule is CCC(CC(O)CN)c1cccc(F)c1F. The Hall–Kier alpha value is -1.00. The smallest absolute Gasteiger partial charge is 0.162 e. The lowest BCUT2D eigenvalue weighted by molar-refractivity contribution is 0.161. The maximum absolute atomic E-state index is 13.5. The van der Waals surface area contributed by atoms with Crippen LogP contribution in [-0.2, 0) is 0 Å². The summed E-state index contributed by atoms with van der Waals surface area (Å²) in [5.41, 5.74) is 5.62. The van der Waals surface area contributed by atoms with Crippen molar-refractivity contribution in [2.24, 2.45) is 5.73 Å². The van der Waals surface area contributed by atoms with Crippen molar-refractivity contribution in [2.75, 3.05) is 6.54 Å². The van der Waals surface area contributed by atoms with E-state index >= 15 is 0 Å². The van der Waals surface area contributed by atoms with Gasteiger partial charge in [-0.3, -0.25) is 0 Å². The van der Waals surface area contributed by atoms with Gasteiger partial charge in [0.15, 0.2) is 11.6 Å². The minimum atomic E-state index is -0.849. The molecule has 0 aliphatic rings. The van der Waals surface area contributed by atoms with E-state index in [1.54, 1.807) is 6.07 Å². The second kappa shape index (κ2) is 5.92. The van der Waals surface area contributed by atoms with Gasteiger partial charge in [0.1, 0.15) is 0 Å². The zero-order valence-electron chi connectivity index (χ0n) is 9.29. The molecule has 0 aliphatic heterocycles. The predicted octanol–water partition coefficient (Wildman–Crippen LogP) is 2.17. The van der Waals surface area contributed by atoms with E-state index in [1.807, 2.05) is 6.92 Å². The highest BCUT2D eigenvalue weighted by atomic mass is 19.2. The summed E-state index contributed by atoms with van der Waals surface area (Å²) >= 11 is 0. The lowest BCUT2D eigenvalue weighted by Gasteiger charge is -2.19. The van der Waals surface area contributed by atoms with Crippen molar-refractivity contribution < 1.29 is 13.9 Å². The lowest BCUT2D eigenvalue weighted by Crippen LogP contribution is -2.22. The highest BCUT2D eigenvalue weighted by molar-refractivity contribution is 5.23. The maximum atomic E-state index is 13.5. The molecule has 0 heterocycles. The maximum Gasteiger partial charge on any atom is 0.162 e. The Labute approximate surface area is 94.1 Å². The lowest BCUT2D eigenvalue weighted by atomic mass is 9.90. The van der Waals surface area contributed by atoms with Crippen molar-refractivity contribution in [2.45, 2.75) is 31.8 Å². The third kappa shape index (κ3) is 3.00. The largest absolute Gasteiger partial charge is 0.392 e. The predicted molar refractivity (Wildman–Crippen MR) is 59.1 cm³/mol. The Balaban J connectivity index is 2.90. The minimum Gasteiger partial charge on any atom is -0.392 e. The number of hydrogen-bond acceptors (Lipinski definition) is 2. The molecule has 0 radical (unpaired) electrons. The highest BCUT2D eigenvalue weighted by Gasteiger charge is 2.19. The Bertz CT molecular complexity index is 344. The van der Waals surface area contributed by atoms with Gasteiger partial charge in [0, 0.05) is 6.54 Å². The van der Waals surface area contributed by atoms with Gasteiger partial charge >= 0.3 is 0 Å². The molecule has 0 bridgehead atoms. The molecule has 0 amide bonds. The topological polar surface area (TPSA) is 46.2 Å². The van der Waals surface area contributed by atoms with Crippen LogP contribution < -0.4 is 5.73 Å². The summed E-state index contributed by atoms with van der Waals surface area (Å²) in [7, 11) is 0. The van der Waals surface area contributed by atoms with Crippen LogP contribution in [0.3, 0.4) is 0 Å². The standard InChI is InChI=1S/C12H17F2NO/c1-2-8(6-9(16)7-15)10-4-3-5-11(13)12(10)14/h3-5,8-9,16H,2,6-7,15H2,1H3. The van der Waals surface area contributed by atoms with E-state index in [2.05, 4.69) is 0 Å². The van der Waals surface area contributed by atoms with E-state index in [4.69, 9.17) is 5.73 Å². The van der Waals surface area contributed by atoms with E-state index in [1.165, 1.54) is 6.07 Å². The zero-order valence-corrected chi connectivity index (χ0v) is 9.29. The molecule has 2 unspecified atom stereocenters. The van der Waals surface area contributed by atoms with Gasteiger partial charge in [-0.25, -0.2) is 8.78 Å². The van der Waals surface area contributed by atoms with Crippen molar-refractivity contribution in [3.8, 4) is 0 Å². The second-order valence-corrected chi connectivity index (χ2v) is 3.87. The Morgan fingerprint density at radius 3 is 2.62 bits per heavy atom. The molecular weight excluding hydrogens is 212 g/mol. The van der Waals surface area contributed by atoms with Crippen LogP contribution in [0.2, 0.25) is 0 Å². The summed E-state index contributed by atoms with van der Waals surface area (Å²) in [6.45, 7) is 2.01. The molecule has 90 valence electrons. The number of nitrogens with two attached hydrogens (primary N) is 1. The molecule has 1 aromatic rings. The van der Waals surface area contributed by atoms with Crippen LogP contribution in [0, 0.1) is 11.6 Å². The average Bonchev–Trinajstić information content (AvgIpc) is 2.29. The molecule has 0 saturated heterocycles. The molecule has 2 nitrogen and oxygen atoms in total. The fourth-order valence-electron chi connectivity index (χ4n) is 1.77. The summed E-state index contributed by atoms with van der Waals surface area (Å²) in [6.07, 6.45) is 0.317. The Morgan fingerprint density at radius 2 is 2.06 bits per heavy atom. The molecule has 2 atom stereocenters. The molecule has 4 heteroatoms. The number of hydrogen-bond donors (Lipinski definition) is 2. The molecule has 0 aliphatic carbocycles. The van der Waals surface area contributed by atoms with Crippen LogP contribution in [0.4, 0.5) is 8.78 Å². The normalized spacial score (nSPS) is 14.8. The van der Waals surface area contributed by atoms with E-state index in [-0.39, 0.29) is 12.5 Å². The van der Waals surface area contributed by atoms with E-state index in [0.29, 0.717) is 18.4 Å². The van der Waals surface area contributed by atoms with Crippen LogP contribution >= 0.6 is 0 Å². The number of aliphatic hydroxyl groups is 1. The van der Waals surface area contributed by atoms with E-state index in [9.17, 15) is 13.9 Å². The highest BCUT2D eigenvalue weighted by Crippen LogP contribution is 2.27. The van der Waals surface area contributed by atoms with Crippen LogP contribution in [0.25, 0.3) is 0 Å². The minimum absolute atomic E-state index is 0.132. The van der Waals surface area contributed by atoms with Crippen molar-refractivity contribution >= 4 is 0 Å². The van der Waals surface area contributed by atoms with Crippen molar-refractivity contribution in [1.82, 2.24) is 0 Å².